The van der Waals surface area contributed by atoms with Crippen LogP contribution >= 0.6 is 0 Å². The van der Waals surface area contributed by atoms with Gasteiger partial charge in [-0.1, -0.05) is 6.07 Å². The standard InChI is InChI=1S/C10H10N2O2/c1-7(2)14-10(13)9-5-3-4-8(6-11)12-9/h3-5,7H,1-2H3. The fourth-order valence-electron chi connectivity index (χ4n) is 0.885. The number of nitrogens with zero attached hydrogens (tertiary/aromatic N) is 2. The monoisotopic (exact) mass is 190 g/mol. The maximum atomic E-state index is 11.3. The van der Waals surface area contributed by atoms with E-state index in [1.54, 1.807) is 19.9 Å². The van der Waals surface area contributed by atoms with Crippen LogP contribution in [0.5, 0.6) is 0 Å². The van der Waals surface area contributed by atoms with Crippen LogP contribution in [0.25, 0.3) is 0 Å². The van der Waals surface area contributed by atoms with E-state index in [-0.39, 0.29) is 17.5 Å². The van der Waals surface area contributed by atoms with Crippen molar-refractivity contribution in [2.45, 2.75) is 20.0 Å². The lowest BCUT2D eigenvalue weighted by molar-refractivity contribution is 0.0371. The van der Waals surface area contributed by atoms with Crippen LogP contribution in [-0.4, -0.2) is 17.1 Å². The van der Waals surface area contributed by atoms with Gasteiger partial charge in [-0.15, -0.1) is 0 Å². The Morgan fingerprint density at radius 3 is 2.86 bits per heavy atom. The Labute approximate surface area is 82.1 Å². The van der Waals surface area contributed by atoms with E-state index in [9.17, 15) is 4.79 Å². The van der Waals surface area contributed by atoms with Crippen molar-refractivity contribution in [1.82, 2.24) is 4.98 Å². The summed E-state index contributed by atoms with van der Waals surface area (Å²) in [6, 6.07) is 6.51. The summed E-state index contributed by atoms with van der Waals surface area (Å²) >= 11 is 0. The lowest BCUT2D eigenvalue weighted by Crippen LogP contribution is -2.13. The van der Waals surface area contributed by atoms with Crippen molar-refractivity contribution in [2.75, 3.05) is 0 Å². The average Bonchev–Trinajstić information content (AvgIpc) is 2.17. The Bertz CT molecular complexity index is 380. The molecule has 72 valence electrons. The fourth-order valence-corrected chi connectivity index (χ4v) is 0.885. The number of rotatable bonds is 2. The molecule has 0 amide bonds. The van der Waals surface area contributed by atoms with Gasteiger partial charge in [-0.2, -0.15) is 5.26 Å². The maximum Gasteiger partial charge on any atom is 0.357 e. The van der Waals surface area contributed by atoms with Crippen LogP contribution in [0.15, 0.2) is 18.2 Å². The molecule has 1 aromatic heterocycles. The van der Waals surface area contributed by atoms with Crippen LogP contribution in [0.2, 0.25) is 0 Å². The molecule has 0 saturated heterocycles. The van der Waals surface area contributed by atoms with E-state index in [1.165, 1.54) is 12.1 Å². The summed E-state index contributed by atoms with van der Waals surface area (Å²) in [5.41, 5.74) is 0.376. The zero-order valence-electron chi connectivity index (χ0n) is 8.02. The molecular formula is C10H10N2O2. The second kappa shape index (κ2) is 4.38. The van der Waals surface area contributed by atoms with E-state index < -0.39 is 5.97 Å². The molecule has 4 heteroatoms. The summed E-state index contributed by atoms with van der Waals surface area (Å²) in [7, 11) is 0. The number of hydrogen-bond donors (Lipinski definition) is 0. The lowest BCUT2D eigenvalue weighted by atomic mass is 10.3. The lowest BCUT2D eigenvalue weighted by Gasteiger charge is -2.06. The van der Waals surface area contributed by atoms with Gasteiger partial charge in [-0.05, 0) is 26.0 Å². The smallest absolute Gasteiger partial charge is 0.357 e. The van der Waals surface area contributed by atoms with E-state index >= 15 is 0 Å². The number of ether oxygens (including phenoxy) is 1. The maximum absolute atomic E-state index is 11.3. The summed E-state index contributed by atoms with van der Waals surface area (Å²) in [6.07, 6.45) is -0.185. The van der Waals surface area contributed by atoms with Gasteiger partial charge in [0, 0.05) is 0 Å². The first-order valence-electron chi connectivity index (χ1n) is 4.21. The first kappa shape index (κ1) is 10.2. The van der Waals surface area contributed by atoms with E-state index in [0.717, 1.165) is 0 Å². The summed E-state index contributed by atoms with van der Waals surface area (Å²) < 4.78 is 4.92. The van der Waals surface area contributed by atoms with Crippen LogP contribution in [0.4, 0.5) is 0 Å². The molecule has 0 spiro atoms. The van der Waals surface area contributed by atoms with Gasteiger partial charge in [0.2, 0.25) is 0 Å². The van der Waals surface area contributed by atoms with Crippen molar-refractivity contribution in [2.24, 2.45) is 0 Å². The summed E-state index contributed by atoms with van der Waals surface area (Å²) in [5.74, 6) is -0.503. The first-order valence-corrected chi connectivity index (χ1v) is 4.21. The van der Waals surface area contributed by atoms with Crippen LogP contribution in [0.3, 0.4) is 0 Å². The SMILES string of the molecule is CC(C)OC(=O)c1cccc(C#N)n1. The van der Waals surface area contributed by atoms with Crippen molar-refractivity contribution in [3.63, 3.8) is 0 Å². The molecular weight excluding hydrogens is 180 g/mol. The molecule has 0 fully saturated rings. The molecule has 0 aliphatic carbocycles. The van der Waals surface area contributed by atoms with Gasteiger partial charge in [0.25, 0.3) is 0 Å². The number of pyridine rings is 1. The van der Waals surface area contributed by atoms with E-state index in [2.05, 4.69) is 4.98 Å². The van der Waals surface area contributed by atoms with Crippen molar-refractivity contribution in [1.29, 1.82) is 5.26 Å². The van der Waals surface area contributed by atoms with Gasteiger partial charge in [-0.3, -0.25) is 0 Å². The molecule has 1 aromatic rings. The first-order chi connectivity index (χ1) is 6.63. The Kier molecular flexibility index (Phi) is 3.19. The third kappa shape index (κ3) is 2.56. The zero-order chi connectivity index (χ0) is 10.6. The minimum Gasteiger partial charge on any atom is -0.458 e. The van der Waals surface area contributed by atoms with Crippen molar-refractivity contribution in [3.05, 3.63) is 29.6 Å². The van der Waals surface area contributed by atoms with Crippen molar-refractivity contribution < 1.29 is 9.53 Å². The van der Waals surface area contributed by atoms with Gasteiger partial charge in [-0.25, -0.2) is 9.78 Å². The molecule has 0 unspecified atom stereocenters. The van der Waals surface area contributed by atoms with E-state index in [1.807, 2.05) is 6.07 Å². The Morgan fingerprint density at radius 1 is 1.57 bits per heavy atom. The van der Waals surface area contributed by atoms with E-state index in [4.69, 9.17) is 10.00 Å². The van der Waals surface area contributed by atoms with E-state index in [0.29, 0.717) is 0 Å². The third-order valence-electron chi connectivity index (χ3n) is 1.42. The molecule has 1 rings (SSSR count). The van der Waals surface area contributed by atoms with Crippen LogP contribution in [-0.2, 0) is 4.74 Å². The third-order valence-corrected chi connectivity index (χ3v) is 1.42. The molecule has 0 radical (unpaired) electrons. The molecule has 0 aliphatic rings. The molecule has 0 aromatic carbocycles. The predicted molar refractivity (Wildman–Crippen MR) is 49.5 cm³/mol. The van der Waals surface area contributed by atoms with Gasteiger partial charge >= 0.3 is 5.97 Å². The minimum atomic E-state index is -0.503. The zero-order valence-corrected chi connectivity index (χ0v) is 8.02. The molecule has 0 N–H and O–H groups in total. The molecule has 0 bridgehead atoms. The number of esters is 1. The van der Waals surface area contributed by atoms with Crippen LogP contribution in [0.1, 0.15) is 30.0 Å². The topological polar surface area (TPSA) is 63.0 Å². The summed E-state index contributed by atoms with van der Waals surface area (Å²) in [5, 5.41) is 8.56. The quantitative estimate of drug-likeness (QED) is 0.663. The molecule has 0 aliphatic heterocycles. The van der Waals surface area contributed by atoms with Crippen molar-refractivity contribution >= 4 is 5.97 Å². The highest BCUT2D eigenvalue weighted by Gasteiger charge is 2.10. The minimum absolute atomic E-state index is 0.165. The number of aromatic nitrogens is 1. The summed E-state index contributed by atoms with van der Waals surface area (Å²) in [4.78, 5) is 15.1. The average molecular weight is 190 g/mol. The highest BCUT2D eigenvalue weighted by Crippen LogP contribution is 2.02. The molecule has 14 heavy (non-hydrogen) atoms. The van der Waals surface area contributed by atoms with Gasteiger partial charge in [0.15, 0.2) is 0 Å². The molecule has 0 atom stereocenters. The Balaban J connectivity index is 2.86. The summed E-state index contributed by atoms with van der Waals surface area (Å²) in [6.45, 7) is 3.51. The number of carbonyl (C=O) groups excluding carboxylic acids is 1. The van der Waals surface area contributed by atoms with Gasteiger partial charge < -0.3 is 4.74 Å². The Morgan fingerprint density at radius 2 is 2.29 bits per heavy atom. The fraction of sp³-hybridized carbons (Fsp3) is 0.300. The highest BCUT2D eigenvalue weighted by molar-refractivity contribution is 5.87. The second-order valence-electron chi connectivity index (χ2n) is 2.97. The second-order valence-corrected chi connectivity index (χ2v) is 2.97. The van der Waals surface area contributed by atoms with Gasteiger partial charge in [0.05, 0.1) is 6.10 Å². The normalized spacial score (nSPS) is 9.57. The van der Waals surface area contributed by atoms with Crippen LogP contribution in [0, 0.1) is 11.3 Å². The Hall–Kier alpha value is -1.89. The van der Waals surface area contributed by atoms with Crippen molar-refractivity contribution in [3.8, 4) is 6.07 Å². The number of nitriles is 1. The number of hydrogen-bond acceptors (Lipinski definition) is 4. The predicted octanol–water partition coefficient (Wildman–Crippen LogP) is 1.52. The number of carbonyl (C=O) groups is 1. The molecule has 0 saturated carbocycles. The van der Waals surface area contributed by atoms with Gasteiger partial charge in [0.1, 0.15) is 17.5 Å². The highest BCUT2D eigenvalue weighted by atomic mass is 16.5. The van der Waals surface area contributed by atoms with Crippen LogP contribution < -0.4 is 0 Å². The molecule has 4 nitrogen and oxygen atoms in total. The largest absolute Gasteiger partial charge is 0.458 e. The molecule has 1 heterocycles.